The molecule has 1 fully saturated rings. The van der Waals surface area contributed by atoms with Crippen molar-refractivity contribution in [2.45, 2.75) is 44.7 Å². The third-order valence-corrected chi connectivity index (χ3v) is 4.85. The molecule has 21 heavy (non-hydrogen) atoms. The molecule has 0 saturated carbocycles. The van der Waals surface area contributed by atoms with E-state index in [1.54, 1.807) is 14.2 Å². The van der Waals surface area contributed by atoms with Crippen LogP contribution in [0.1, 0.15) is 33.1 Å². The van der Waals surface area contributed by atoms with Crippen molar-refractivity contribution in [3.63, 3.8) is 0 Å². The fraction of sp³-hybridized carbons (Fsp3) is 1.00. The minimum Gasteiger partial charge on any atom is -0.385 e. The highest BCUT2D eigenvalue weighted by molar-refractivity contribution is 4.96. The van der Waals surface area contributed by atoms with Gasteiger partial charge >= 0.3 is 0 Å². The van der Waals surface area contributed by atoms with Gasteiger partial charge in [-0.2, -0.15) is 0 Å². The molecule has 5 heteroatoms. The first-order chi connectivity index (χ1) is 10.1. The number of nitrogens with two attached hydrogens (primary N) is 1. The van der Waals surface area contributed by atoms with Crippen LogP contribution in [0.15, 0.2) is 0 Å². The van der Waals surface area contributed by atoms with Crippen LogP contribution in [-0.4, -0.2) is 81.5 Å². The van der Waals surface area contributed by atoms with Crippen molar-refractivity contribution in [1.82, 2.24) is 9.80 Å². The van der Waals surface area contributed by atoms with Crippen molar-refractivity contribution in [2.75, 3.05) is 60.2 Å². The first-order valence-electron chi connectivity index (χ1n) is 8.26. The number of piperidine rings is 1. The van der Waals surface area contributed by atoms with Crippen molar-refractivity contribution in [3.05, 3.63) is 0 Å². The summed E-state index contributed by atoms with van der Waals surface area (Å²) in [5, 5.41) is 0. The third kappa shape index (κ3) is 5.49. The summed E-state index contributed by atoms with van der Waals surface area (Å²) < 4.78 is 10.5. The van der Waals surface area contributed by atoms with Gasteiger partial charge in [-0.1, -0.05) is 0 Å². The zero-order chi connectivity index (χ0) is 15.7. The highest BCUT2D eigenvalue weighted by Gasteiger charge is 2.38. The van der Waals surface area contributed by atoms with Crippen molar-refractivity contribution >= 4 is 0 Å². The zero-order valence-electron chi connectivity index (χ0n) is 14.4. The third-order valence-electron chi connectivity index (χ3n) is 4.85. The SMILES string of the molecule is COCCCN(CCOC)C1(CN)CCN(C(C)C)CC1. The average Bonchev–Trinajstić information content (AvgIpc) is 2.50. The Hall–Kier alpha value is -0.200. The maximum Gasteiger partial charge on any atom is 0.0589 e. The van der Waals surface area contributed by atoms with Gasteiger partial charge in [0, 0.05) is 65.1 Å². The first-order valence-corrected chi connectivity index (χ1v) is 8.26. The van der Waals surface area contributed by atoms with Crippen LogP contribution in [0.5, 0.6) is 0 Å². The smallest absolute Gasteiger partial charge is 0.0589 e. The summed E-state index contributed by atoms with van der Waals surface area (Å²) in [5.41, 5.74) is 6.34. The van der Waals surface area contributed by atoms with Crippen molar-refractivity contribution < 1.29 is 9.47 Å². The molecule has 2 N–H and O–H groups in total. The lowest BCUT2D eigenvalue weighted by molar-refractivity contribution is -0.0000101. The summed E-state index contributed by atoms with van der Waals surface area (Å²) in [6, 6.07) is 0.627. The van der Waals surface area contributed by atoms with Gasteiger partial charge < -0.3 is 20.1 Å². The number of ether oxygens (including phenoxy) is 2. The minimum absolute atomic E-state index is 0.137. The molecule has 1 heterocycles. The molecule has 0 aromatic carbocycles. The number of likely N-dealkylation sites (tertiary alicyclic amines) is 1. The Morgan fingerprint density at radius 2 is 1.71 bits per heavy atom. The van der Waals surface area contributed by atoms with Gasteiger partial charge in [0.05, 0.1) is 6.61 Å². The Morgan fingerprint density at radius 3 is 2.19 bits per heavy atom. The van der Waals surface area contributed by atoms with E-state index in [0.29, 0.717) is 6.04 Å². The molecule has 0 aromatic heterocycles. The highest BCUT2D eigenvalue weighted by atomic mass is 16.5. The lowest BCUT2D eigenvalue weighted by Crippen LogP contribution is -2.61. The predicted molar refractivity (Wildman–Crippen MR) is 87.7 cm³/mol. The first kappa shape index (κ1) is 18.8. The number of hydrogen-bond acceptors (Lipinski definition) is 5. The summed E-state index contributed by atoms with van der Waals surface area (Å²) >= 11 is 0. The Kier molecular flexibility index (Phi) is 8.74. The van der Waals surface area contributed by atoms with Crippen LogP contribution in [0.3, 0.4) is 0 Å². The molecule has 0 atom stereocenters. The van der Waals surface area contributed by atoms with Crippen LogP contribution in [0.25, 0.3) is 0 Å². The molecule has 1 aliphatic rings. The molecule has 5 nitrogen and oxygen atoms in total. The Bertz CT molecular complexity index is 266. The molecular weight excluding hydrogens is 266 g/mol. The summed E-state index contributed by atoms with van der Waals surface area (Å²) in [6.07, 6.45) is 3.35. The van der Waals surface area contributed by atoms with Crippen molar-refractivity contribution in [1.29, 1.82) is 0 Å². The average molecular weight is 301 g/mol. The van der Waals surface area contributed by atoms with Crippen LogP contribution in [0, 0.1) is 0 Å². The van der Waals surface area contributed by atoms with Crippen LogP contribution in [-0.2, 0) is 9.47 Å². The molecule has 1 rings (SSSR count). The second kappa shape index (κ2) is 9.74. The van der Waals surface area contributed by atoms with Gasteiger partial charge in [0.1, 0.15) is 0 Å². The molecule has 0 aliphatic carbocycles. The number of hydrogen-bond donors (Lipinski definition) is 1. The monoisotopic (exact) mass is 301 g/mol. The molecule has 0 radical (unpaired) electrons. The molecular formula is C16H35N3O2. The summed E-state index contributed by atoms with van der Waals surface area (Å²) in [7, 11) is 3.53. The minimum atomic E-state index is 0.137. The molecule has 1 aliphatic heterocycles. The quantitative estimate of drug-likeness (QED) is 0.614. The summed E-state index contributed by atoms with van der Waals surface area (Å²) in [6.45, 7) is 11.1. The van der Waals surface area contributed by atoms with E-state index in [2.05, 4.69) is 23.6 Å². The maximum absolute atomic E-state index is 6.20. The molecule has 1 saturated heterocycles. The normalized spacial score (nSPS) is 19.6. The van der Waals surface area contributed by atoms with E-state index < -0.39 is 0 Å². The summed E-state index contributed by atoms with van der Waals surface area (Å²) in [4.78, 5) is 5.10. The van der Waals surface area contributed by atoms with E-state index in [0.717, 1.165) is 65.2 Å². The topological polar surface area (TPSA) is 51.0 Å². The van der Waals surface area contributed by atoms with E-state index in [1.807, 2.05) is 0 Å². The van der Waals surface area contributed by atoms with Gasteiger partial charge in [0.15, 0.2) is 0 Å². The molecule has 0 aromatic rings. The molecule has 126 valence electrons. The second-order valence-electron chi connectivity index (χ2n) is 6.38. The molecule has 0 unspecified atom stereocenters. The van der Waals surface area contributed by atoms with Gasteiger partial charge in [-0.25, -0.2) is 0 Å². The Labute approximate surface area is 130 Å². The van der Waals surface area contributed by atoms with Crippen LogP contribution < -0.4 is 5.73 Å². The van der Waals surface area contributed by atoms with Crippen LogP contribution in [0.2, 0.25) is 0 Å². The maximum atomic E-state index is 6.20. The lowest BCUT2D eigenvalue weighted by atomic mass is 9.85. The fourth-order valence-corrected chi connectivity index (χ4v) is 3.29. The summed E-state index contributed by atoms with van der Waals surface area (Å²) in [5.74, 6) is 0. The van der Waals surface area contributed by atoms with Crippen LogP contribution in [0.4, 0.5) is 0 Å². The number of methoxy groups -OCH3 is 2. The van der Waals surface area contributed by atoms with E-state index in [-0.39, 0.29) is 5.54 Å². The van der Waals surface area contributed by atoms with Gasteiger partial charge in [-0.15, -0.1) is 0 Å². The zero-order valence-corrected chi connectivity index (χ0v) is 14.4. The highest BCUT2D eigenvalue weighted by Crippen LogP contribution is 2.29. The second-order valence-corrected chi connectivity index (χ2v) is 6.38. The van der Waals surface area contributed by atoms with Gasteiger partial charge in [0.25, 0.3) is 0 Å². The number of nitrogens with zero attached hydrogens (tertiary/aromatic N) is 2. The van der Waals surface area contributed by atoms with Crippen molar-refractivity contribution in [3.8, 4) is 0 Å². The van der Waals surface area contributed by atoms with Gasteiger partial charge in [-0.3, -0.25) is 4.90 Å². The lowest BCUT2D eigenvalue weighted by Gasteiger charge is -2.49. The van der Waals surface area contributed by atoms with Gasteiger partial charge in [0.2, 0.25) is 0 Å². The Balaban J connectivity index is 2.66. The van der Waals surface area contributed by atoms with E-state index in [9.17, 15) is 0 Å². The predicted octanol–water partition coefficient (Wildman–Crippen LogP) is 1.17. The largest absolute Gasteiger partial charge is 0.385 e. The van der Waals surface area contributed by atoms with Gasteiger partial charge in [-0.05, 0) is 33.1 Å². The molecule has 0 spiro atoms. The van der Waals surface area contributed by atoms with Crippen LogP contribution >= 0.6 is 0 Å². The van der Waals surface area contributed by atoms with Crippen molar-refractivity contribution in [2.24, 2.45) is 5.73 Å². The molecule has 0 amide bonds. The van der Waals surface area contributed by atoms with E-state index in [1.165, 1.54) is 0 Å². The Morgan fingerprint density at radius 1 is 1.10 bits per heavy atom. The van der Waals surface area contributed by atoms with E-state index in [4.69, 9.17) is 15.2 Å². The molecule has 0 bridgehead atoms. The standard InChI is InChI=1S/C16H35N3O2/c1-15(2)18-9-6-16(14-17,7-10-18)19(11-13-21-4)8-5-12-20-3/h15H,5-14,17H2,1-4H3. The number of rotatable bonds is 10. The van der Waals surface area contributed by atoms with E-state index >= 15 is 0 Å². The fourth-order valence-electron chi connectivity index (χ4n) is 3.29.